The molecule has 5 nitrogen and oxygen atoms in total. The number of hydrogen-bond acceptors (Lipinski definition) is 4. The van der Waals surface area contributed by atoms with Gasteiger partial charge in [-0.1, -0.05) is 12.1 Å². The van der Waals surface area contributed by atoms with Gasteiger partial charge in [-0.15, -0.1) is 0 Å². The SMILES string of the molecule is CCOc1ccc(N2C(=O)C[C@H](Nc3ccccc3Br)C2=O)cc1. The van der Waals surface area contributed by atoms with Crippen LogP contribution >= 0.6 is 15.9 Å². The molecular formula is C18H17BrN2O3. The fourth-order valence-electron chi connectivity index (χ4n) is 2.64. The first kappa shape index (κ1) is 16.5. The fourth-order valence-corrected chi connectivity index (χ4v) is 3.04. The van der Waals surface area contributed by atoms with Gasteiger partial charge in [0, 0.05) is 10.2 Å². The summed E-state index contributed by atoms with van der Waals surface area (Å²) in [5.41, 5.74) is 1.35. The number of nitrogens with one attached hydrogen (secondary N) is 1. The number of ether oxygens (including phenoxy) is 1. The van der Waals surface area contributed by atoms with Crippen LogP contribution < -0.4 is 15.0 Å². The van der Waals surface area contributed by atoms with Crippen molar-refractivity contribution in [3.8, 4) is 5.75 Å². The van der Waals surface area contributed by atoms with E-state index in [0.29, 0.717) is 18.0 Å². The maximum Gasteiger partial charge on any atom is 0.256 e. The zero-order chi connectivity index (χ0) is 17.1. The molecule has 2 aromatic carbocycles. The van der Waals surface area contributed by atoms with E-state index in [-0.39, 0.29) is 18.2 Å². The minimum absolute atomic E-state index is 0.132. The van der Waals surface area contributed by atoms with E-state index in [1.807, 2.05) is 31.2 Å². The first-order valence-electron chi connectivity index (χ1n) is 7.71. The summed E-state index contributed by atoms with van der Waals surface area (Å²) in [4.78, 5) is 26.2. The van der Waals surface area contributed by atoms with Crippen LogP contribution in [0.5, 0.6) is 5.75 Å². The summed E-state index contributed by atoms with van der Waals surface area (Å²) in [5.74, 6) is 0.247. The number of carbonyl (C=O) groups excluding carboxylic acids is 2. The number of carbonyl (C=O) groups is 2. The van der Waals surface area contributed by atoms with Crippen LogP contribution in [0.25, 0.3) is 0 Å². The lowest BCUT2D eigenvalue weighted by Gasteiger charge is -2.17. The molecule has 1 aliphatic heterocycles. The Balaban J connectivity index is 1.77. The maximum absolute atomic E-state index is 12.6. The average Bonchev–Trinajstić information content (AvgIpc) is 2.85. The lowest BCUT2D eigenvalue weighted by Crippen LogP contribution is -2.34. The van der Waals surface area contributed by atoms with Gasteiger partial charge in [-0.2, -0.15) is 0 Å². The molecule has 3 rings (SSSR count). The lowest BCUT2D eigenvalue weighted by molar-refractivity contribution is -0.121. The second-order valence-electron chi connectivity index (χ2n) is 5.38. The summed E-state index contributed by atoms with van der Waals surface area (Å²) in [6.45, 7) is 2.47. The summed E-state index contributed by atoms with van der Waals surface area (Å²) in [6, 6.07) is 13.9. The third kappa shape index (κ3) is 3.28. The molecule has 0 spiro atoms. The Morgan fingerprint density at radius 3 is 2.54 bits per heavy atom. The Labute approximate surface area is 148 Å². The second-order valence-corrected chi connectivity index (χ2v) is 6.23. The molecule has 1 N–H and O–H groups in total. The van der Waals surface area contributed by atoms with E-state index in [0.717, 1.165) is 10.2 Å². The van der Waals surface area contributed by atoms with Gasteiger partial charge >= 0.3 is 0 Å². The van der Waals surface area contributed by atoms with Crippen molar-refractivity contribution >= 4 is 39.1 Å². The van der Waals surface area contributed by atoms with Crippen molar-refractivity contribution in [2.45, 2.75) is 19.4 Å². The lowest BCUT2D eigenvalue weighted by atomic mass is 10.2. The zero-order valence-corrected chi connectivity index (χ0v) is 14.7. The number of hydrogen-bond donors (Lipinski definition) is 1. The van der Waals surface area contributed by atoms with Crippen molar-refractivity contribution in [1.82, 2.24) is 0 Å². The van der Waals surface area contributed by atoms with E-state index in [1.54, 1.807) is 24.3 Å². The number of imide groups is 1. The molecule has 1 saturated heterocycles. The summed E-state index contributed by atoms with van der Waals surface area (Å²) in [6.07, 6.45) is 0.132. The summed E-state index contributed by atoms with van der Waals surface area (Å²) >= 11 is 3.44. The van der Waals surface area contributed by atoms with Crippen LogP contribution in [-0.4, -0.2) is 24.5 Å². The molecule has 2 amide bonds. The number of para-hydroxylation sites is 1. The highest BCUT2D eigenvalue weighted by atomic mass is 79.9. The number of benzene rings is 2. The molecule has 1 fully saturated rings. The van der Waals surface area contributed by atoms with Gasteiger partial charge in [-0.3, -0.25) is 9.59 Å². The van der Waals surface area contributed by atoms with Crippen LogP contribution in [-0.2, 0) is 9.59 Å². The highest BCUT2D eigenvalue weighted by molar-refractivity contribution is 9.10. The van der Waals surface area contributed by atoms with Crippen molar-refractivity contribution in [3.05, 3.63) is 53.0 Å². The minimum atomic E-state index is -0.567. The summed E-state index contributed by atoms with van der Waals surface area (Å²) in [5, 5.41) is 3.14. The van der Waals surface area contributed by atoms with Crippen LogP contribution in [0, 0.1) is 0 Å². The number of anilines is 2. The number of halogens is 1. The van der Waals surface area contributed by atoms with Crippen LogP contribution in [0.15, 0.2) is 53.0 Å². The second kappa shape index (κ2) is 7.05. The van der Waals surface area contributed by atoms with Crippen molar-refractivity contribution in [2.75, 3.05) is 16.8 Å². The normalized spacial score (nSPS) is 17.2. The molecule has 1 atom stereocenters. The molecule has 124 valence electrons. The molecule has 1 heterocycles. The van der Waals surface area contributed by atoms with Crippen molar-refractivity contribution in [2.24, 2.45) is 0 Å². The number of amides is 2. The topological polar surface area (TPSA) is 58.6 Å². The molecule has 0 unspecified atom stereocenters. The molecular weight excluding hydrogens is 372 g/mol. The first-order valence-corrected chi connectivity index (χ1v) is 8.50. The van der Waals surface area contributed by atoms with E-state index in [2.05, 4.69) is 21.2 Å². The predicted octanol–water partition coefficient (Wildman–Crippen LogP) is 3.59. The van der Waals surface area contributed by atoms with E-state index >= 15 is 0 Å². The zero-order valence-electron chi connectivity index (χ0n) is 13.2. The molecule has 24 heavy (non-hydrogen) atoms. The van der Waals surface area contributed by atoms with Crippen LogP contribution in [0.2, 0.25) is 0 Å². The molecule has 0 aliphatic carbocycles. The first-order chi connectivity index (χ1) is 11.6. The highest BCUT2D eigenvalue weighted by Crippen LogP contribution is 2.28. The van der Waals surface area contributed by atoms with Gasteiger partial charge < -0.3 is 10.1 Å². The van der Waals surface area contributed by atoms with Crippen molar-refractivity contribution in [3.63, 3.8) is 0 Å². The van der Waals surface area contributed by atoms with Gasteiger partial charge in [0.1, 0.15) is 11.8 Å². The predicted molar refractivity (Wildman–Crippen MR) is 96.3 cm³/mol. The van der Waals surface area contributed by atoms with Gasteiger partial charge in [0.15, 0.2) is 0 Å². The van der Waals surface area contributed by atoms with Gasteiger partial charge in [0.25, 0.3) is 5.91 Å². The van der Waals surface area contributed by atoms with Crippen molar-refractivity contribution < 1.29 is 14.3 Å². The van der Waals surface area contributed by atoms with E-state index in [9.17, 15) is 9.59 Å². The third-order valence-electron chi connectivity index (χ3n) is 3.76. The number of rotatable bonds is 5. The van der Waals surface area contributed by atoms with E-state index in [4.69, 9.17) is 4.74 Å². The quantitative estimate of drug-likeness (QED) is 0.795. The average molecular weight is 389 g/mol. The monoisotopic (exact) mass is 388 g/mol. The summed E-state index contributed by atoms with van der Waals surface area (Å²) in [7, 11) is 0. The molecule has 0 saturated carbocycles. The molecule has 6 heteroatoms. The molecule has 0 radical (unpaired) electrons. The molecule has 0 bridgehead atoms. The van der Waals surface area contributed by atoms with Crippen LogP contribution in [0.1, 0.15) is 13.3 Å². The van der Waals surface area contributed by atoms with Gasteiger partial charge in [-0.05, 0) is 59.3 Å². The smallest absolute Gasteiger partial charge is 0.256 e. The van der Waals surface area contributed by atoms with E-state index in [1.165, 1.54) is 4.90 Å². The van der Waals surface area contributed by atoms with E-state index < -0.39 is 6.04 Å². The maximum atomic E-state index is 12.6. The van der Waals surface area contributed by atoms with Gasteiger partial charge in [0.05, 0.1) is 18.7 Å². The third-order valence-corrected chi connectivity index (χ3v) is 4.45. The van der Waals surface area contributed by atoms with Gasteiger partial charge in [0.2, 0.25) is 5.91 Å². The largest absolute Gasteiger partial charge is 0.494 e. The molecule has 1 aliphatic rings. The number of nitrogens with zero attached hydrogens (tertiary/aromatic N) is 1. The molecule has 2 aromatic rings. The Kier molecular flexibility index (Phi) is 4.85. The minimum Gasteiger partial charge on any atom is -0.494 e. The molecule has 0 aromatic heterocycles. The van der Waals surface area contributed by atoms with Crippen molar-refractivity contribution in [1.29, 1.82) is 0 Å². The Hall–Kier alpha value is -2.34. The Morgan fingerprint density at radius 1 is 1.17 bits per heavy atom. The van der Waals surface area contributed by atoms with Crippen LogP contribution in [0.3, 0.4) is 0 Å². The highest BCUT2D eigenvalue weighted by Gasteiger charge is 2.39. The Bertz CT molecular complexity index is 761. The standard InChI is InChI=1S/C18H17BrN2O3/c1-2-24-13-9-7-12(8-10-13)21-17(22)11-16(18(21)23)20-15-6-4-3-5-14(15)19/h3-10,16,20H,2,11H2,1H3/t16-/m0/s1. The Morgan fingerprint density at radius 2 is 1.88 bits per heavy atom. The summed E-state index contributed by atoms with van der Waals surface area (Å²) < 4.78 is 6.24. The fraction of sp³-hybridized carbons (Fsp3) is 0.222. The van der Waals surface area contributed by atoms with Crippen LogP contribution in [0.4, 0.5) is 11.4 Å². The van der Waals surface area contributed by atoms with Gasteiger partial charge in [-0.25, -0.2) is 4.90 Å².